The van der Waals surface area contributed by atoms with Crippen LogP contribution in [0.25, 0.3) is 0 Å². The first-order chi connectivity index (χ1) is 5.48. The second kappa shape index (κ2) is 5.36. The normalized spacial score (nSPS) is 13.6. The van der Waals surface area contributed by atoms with Gasteiger partial charge in [0.1, 0.15) is 0 Å². The van der Waals surface area contributed by atoms with E-state index in [0.29, 0.717) is 5.41 Å². The van der Waals surface area contributed by atoms with E-state index in [1.807, 2.05) is 0 Å². The third-order valence-electron chi connectivity index (χ3n) is 2.20. The maximum absolute atomic E-state index is 3.31. The molecular formula is C11H23N. The van der Waals surface area contributed by atoms with Gasteiger partial charge in [-0.15, -0.1) is 0 Å². The molecule has 0 atom stereocenters. The number of hydrogen-bond donors (Lipinski definition) is 1. The molecule has 0 aliphatic heterocycles. The Labute approximate surface area is 77.2 Å². The van der Waals surface area contributed by atoms with Gasteiger partial charge >= 0.3 is 0 Å². The summed E-state index contributed by atoms with van der Waals surface area (Å²) < 4.78 is 0. The number of nitrogens with one attached hydrogen (secondary N) is 1. The highest BCUT2D eigenvalue weighted by Crippen LogP contribution is 2.24. The summed E-state index contributed by atoms with van der Waals surface area (Å²) in [5.41, 5.74) is 1.83. The van der Waals surface area contributed by atoms with Gasteiger partial charge in [-0.25, -0.2) is 0 Å². The van der Waals surface area contributed by atoms with E-state index in [1.165, 1.54) is 5.57 Å². The third-order valence-corrected chi connectivity index (χ3v) is 2.20. The monoisotopic (exact) mass is 169 g/mol. The number of hydrogen-bond acceptors (Lipinski definition) is 1. The van der Waals surface area contributed by atoms with Crippen molar-refractivity contribution < 1.29 is 0 Å². The molecule has 1 N–H and O–H groups in total. The van der Waals surface area contributed by atoms with E-state index in [4.69, 9.17) is 0 Å². The highest BCUT2D eigenvalue weighted by atomic mass is 14.8. The highest BCUT2D eigenvalue weighted by molar-refractivity contribution is 5.07. The van der Waals surface area contributed by atoms with Crippen LogP contribution in [0.1, 0.15) is 41.0 Å². The summed E-state index contributed by atoms with van der Waals surface area (Å²) in [5, 5.41) is 3.31. The Hall–Kier alpha value is -0.300. The lowest BCUT2D eigenvalue weighted by atomic mass is 9.87. The zero-order chi connectivity index (χ0) is 9.61. The van der Waals surface area contributed by atoms with Crippen molar-refractivity contribution in [1.82, 2.24) is 5.32 Å². The van der Waals surface area contributed by atoms with Crippen molar-refractivity contribution in [3.63, 3.8) is 0 Å². The van der Waals surface area contributed by atoms with Gasteiger partial charge in [0.05, 0.1) is 0 Å². The molecule has 0 aliphatic rings. The molecule has 0 spiro atoms. The Kier molecular flexibility index (Phi) is 5.23. The van der Waals surface area contributed by atoms with Crippen molar-refractivity contribution in [2.75, 3.05) is 13.1 Å². The third kappa shape index (κ3) is 5.36. The van der Waals surface area contributed by atoms with Crippen LogP contribution < -0.4 is 5.32 Å². The zero-order valence-corrected chi connectivity index (χ0v) is 9.20. The SMILES string of the molecule is CCNCCC=C(C)C(C)(C)C. The Morgan fingerprint density at radius 3 is 2.33 bits per heavy atom. The molecule has 0 heterocycles. The van der Waals surface area contributed by atoms with Crippen LogP contribution in [0, 0.1) is 5.41 Å². The fourth-order valence-corrected chi connectivity index (χ4v) is 0.874. The van der Waals surface area contributed by atoms with Crippen LogP contribution in [0.3, 0.4) is 0 Å². The van der Waals surface area contributed by atoms with E-state index in [-0.39, 0.29) is 0 Å². The van der Waals surface area contributed by atoms with Crippen molar-refractivity contribution >= 4 is 0 Å². The van der Waals surface area contributed by atoms with Crippen LogP contribution >= 0.6 is 0 Å². The van der Waals surface area contributed by atoms with Crippen LogP contribution in [0.2, 0.25) is 0 Å². The van der Waals surface area contributed by atoms with E-state index in [0.717, 1.165) is 19.5 Å². The molecule has 0 aromatic carbocycles. The first-order valence-corrected chi connectivity index (χ1v) is 4.86. The summed E-state index contributed by atoms with van der Waals surface area (Å²) in [5.74, 6) is 0. The molecule has 0 saturated heterocycles. The molecule has 0 saturated carbocycles. The molecule has 0 rings (SSSR count). The van der Waals surface area contributed by atoms with Crippen LogP contribution in [-0.2, 0) is 0 Å². The quantitative estimate of drug-likeness (QED) is 0.504. The van der Waals surface area contributed by atoms with Gasteiger partial charge in [0, 0.05) is 0 Å². The highest BCUT2D eigenvalue weighted by Gasteiger charge is 2.11. The average molecular weight is 169 g/mol. The molecule has 0 fully saturated rings. The zero-order valence-electron chi connectivity index (χ0n) is 9.20. The maximum atomic E-state index is 3.31. The Morgan fingerprint density at radius 2 is 1.92 bits per heavy atom. The first kappa shape index (κ1) is 11.7. The molecule has 0 aromatic heterocycles. The van der Waals surface area contributed by atoms with E-state index in [1.54, 1.807) is 0 Å². The van der Waals surface area contributed by atoms with Crippen molar-refractivity contribution in [2.24, 2.45) is 5.41 Å². The lowest BCUT2D eigenvalue weighted by molar-refractivity contribution is 0.500. The molecule has 0 amide bonds. The first-order valence-electron chi connectivity index (χ1n) is 4.86. The summed E-state index contributed by atoms with van der Waals surface area (Å²) in [4.78, 5) is 0. The standard InChI is InChI=1S/C11H23N/c1-6-12-9-7-8-10(2)11(3,4)5/h8,12H,6-7,9H2,1-5H3. The average Bonchev–Trinajstić information content (AvgIpc) is 1.96. The van der Waals surface area contributed by atoms with E-state index >= 15 is 0 Å². The van der Waals surface area contributed by atoms with Crippen LogP contribution in [-0.4, -0.2) is 13.1 Å². The fraction of sp³-hybridized carbons (Fsp3) is 0.818. The lowest BCUT2D eigenvalue weighted by Gasteiger charge is -2.19. The van der Waals surface area contributed by atoms with E-state index < -0.39 is 0 Å². The Bertz CT molecular complexity index is 140. The van der Waals surface area contributed by atoms with Gasteiger partial charge in [0.25, 0.3) is 0 Å². The molecule has 0 aliphatic carbocycles. The Balaban J connectivity index is 3.70. The molecule has 0 unspecified atom stereocenters. The summed E-state index contributed by atoms with van der Waals surface area (Å²) in [6.45, 7) is 13.3. The van der Waals surface area contributed by atoms with Crippen molar-refractivity contribution in [3.8, 4) is 0 Å². The number of rotatable bonds is 4. The largest absolute Gasteiger partial charge is 0.317 e. The topological polar surface area (TPSA) is 12.0 Å². The molecule has 72 valence electrons. The minimum atomic E-state index is 0.339. The molecule has 1 heteroatoms. The summed E-state index contributed by atoms with van der Waals surface area (Å²) in [6, 6.07) is 0. The molecule has 0 aromatic rings. The van der Waals surface area contributed by atoms with Crippen LogP contribution in [0.4, 0.5) is 0 Å². The van der Waals surface area contributed by atoms with E-state index in [9.17, 15) is 0 Å². The van der Waals surface area contributed by atoms with Crippen LogP contribution in [0.5, 0.6) is 0 Å². The van der Waals surface area contributed by atoms with Gasteiger partial charge in [-0.05, 0) is 31.8 Å². The van der Waals surface area contributed by atoms with Gasteiger partial charge in [0.15, 0.2) is 0 Å². The molecule has 0 bridgehead atoms. The van der Waals surface area contributed by atoms with Gasteiger partial charge in [0.2, 0.25) is 0 Å². The molecule has 12 heavy (non-hydrogen) atoms. The van der Waals surface area contributed by atoms with Crippen molar-refractivity contribution in [1.29, 1.82) is 0 Å². The van der Waals surface area contributed by atoms with Gasteiger partial charge in [-0.2, -0.15) is 0 Å². The predicted molar refractivity (Wildman–Crippen MR) is 56.4 cm³/mol. The second-order valence-corrected chi connectivity index (χ2v) is 4.28. The minimum Gasteiger partial charge on any atom is -0.317 e. The molecule has 0 radical (unpaired) electrons. The number of allylic oxidation sites excluding steroid dienone is 1. The van der Waals surface area contributed by atoms with Crippen molar-refractivity contribution in [2.45, 2.75) is 41.0 Å². The predicted octanol–water partition coefficient (Wildman–Crippen LogP) is 2.98. The van der Waals surface area contributed by atoms with Crippen molar-refractivity contribution in [3.05, 3.63) is 11.6 Å². The second-order valence-electron chi connectivity index (χ2n) is 4.28. The van der Waals surface area contributed by atoms with Gasteiger partial charge < -0.3 is 5.32 Å². The Morgan fingerprint density at radius 1 is 1.33 bits per heavy atom. The molecular weight excluding hydrogens is 146 g/mol. The maximum Gasteiger partial charge on any atom is -0.00143 e. The van der Waals surface area contributed by atoms with E-state index in [2.05, 4.69) is 46.0 Å². The lowest BCUT2D eigenvalue weighted by Crippen LogP contribution is -2.14. The van der Waals surface area contributed by atoms with Gasteiger partial charge in [-0.1, -0.05) is 39.3 Å². The summed E-state index contributed by atoms with van der Waals surface area (Å²) >= 11 is 0. The summed E-state index contributed by atoms with van der Waals surface area (Å²) in [7, 11) is 0. The fourth-order valence-electron chi connectivity index (χ4n) is 0.874. The molecule has 1 nitrogen and oxygen atoms in total. The smallest absolute Gasteiger partial charge is 0.00143 e. The summed E-state index contributed by atoms with van der Waals surface area (Å²) in [6.07, 6.45) is 3.49. The van der Waals surface area contributed by atoms with Gasteiger partial charge in [-0.3, -0.25) is 0 Å². The van der Waals surface area contributed by atoms with Crippen LogP contribution in [0.15, 0.2) is 11.6 Å². The minimum absolute atomic E-state index is 0.339.